The number of likely N-dealkylation sites (tertiary alicyclic amines) is 1. The van der Waals surface area contributed by atoms with E-state index in [4.69, 9.17) is 4.74 Å². The molecule has 0 saturated carbocycles. The standard InChI is InChI=1S/C22H24N2O3/c1-15-11-18(25)17(14-24-9-4-2-3-5-10-24)22-20(15)21(26)19(27-22)12-16-7-6-8-23-13-16/h6-8,11-13,25H,2-5,9-10,14H2,1H3. The number of pyridine rings is 1. The molecule has 2 aromatic rings. The minimum atomic E-state index is -0.154. The summed E-state index contributed by atoms with van der Waals surface area (Å²) in [7, 11) is 0. The highest BCUT2D eigenvalue weighted by Crippen LogP contribution is 2.40. The Bertz CT molecular complexity index is 882. The van der Waals surface area contributed by atoms with Gasteiger partial charge in [0.05, 0.1) is 18.7 Å². The molecule has 0 spiro atoms. The number of benzene rings is 1. The SMILES string of the molecule is Cc1cc([O-])c(C[NH+]2CCCCCC2)c2c1C(=O)C(=Cc1cccnc1)O2. The smallest absolute Gasteiger partial charge is 0.232 e. The molecule has 3 heterocycles. The Labute approximate surface area is 159 Å². The molecular weight excluding hydrogens is 340 g/mol. The molecule has 1 aromatic carbocycles. The summed E-state index contributed by atoms with van der Waals surface area (Å²) in [6.07, 6.45) is 9.94. The van der Waals surface area contributed by atoms with Crippen molar-refractivity contribution in [3.63, 3.8) is 0 Å². The fraction of sp³-hybridized carbons (Fsp3) is 0.364. The molecular formula is C22H24N2O3. The van der Waals surface area contributed by atoms with E-state index < -0.39 is 0 Å². The molecule has 0 unspecified atom stereocenters. The molecule has 0 atom stereocenters. The van der Waals surface area contributed by atoms with Gasteiger partial charge < -0.3 is 14.7 Å². The van der Waals surface area contributed by atoms with Crippen molar-refractivity contribution in [2.24, 2.45) is 0 Å². The van der Waals surface area contributed by atoms with Gasteiger partial charge in [0.15, 0.2) is 5.76 Å². The van der Waals surface area contributed by atoms with E-state index in [0.717, 1.165) is 18.7 Å². The van der Waals surface area contributed by atoms with Crippen molar-refractivity contribution < 1.29 is 19.5 Å². The van der Waals surface area contributed by atoms with E-state index in [2.05, 4.69) is 4.98 Å². The Morgan fingerprint density at radius 2 is 2.04 bits per heavy atom. The molecule has 1 saturated heterocycles. The molecule has 5 heteroatoms. The fourth-order valence-electron chi connectivity index (χ4n) is 4.00. The maximum Gasteiger partial charge on any atom is 0.232 e. The van der Waals surface area contributed by atoms with Crippen molar-refractivity contribution >= 4 is 11.9 Å². The number of aromatic nitrogens is 1. The van der Waals surface area contributed by atoms with Crippen LogP contribution in [0.15, 0.2) is 36.4 Å². The van der Waals surface area contributed by atoms with Gasteiger partial charge in [0, 0.05) is 18.0 Å². The van der Waals surface area contributed by atoms with E-state index >= 15 is 0 Å². The molecule has 140 valence electrons. The van der Waals surface area contributed by atoms with E-state index in [0.29, 0.717) is 29.0 Å². The first-order chi connectivity index (χ1) is 13.1. The molecule has 2 aliphatic heterocycles. The normalized spacial score (nSPS) is 19.0. The van der Waals surface area contributed by atoms with Gasteiger partial charge in [-0.15, -0.1) is 0 Å². The largest absolute Gasteiger partial charge is 0.872 e. The van der Waals surface area contributed by atoms with Crippen LogP contribution in [-0.4, -0.2) is 23.9 Å². The molecule has 0 bridgehead atoms. The number of quaternary nitrogens is 1. The number of nitrogens with zero attached hydrogens (tertiary/aromatic N) is 1. The second kappa shape index (κ2) is 7.53. The van der Waals surface area contributed by atoms with Gasteiger partial charge in [-0.2, -0.15) is 0 Å². The van der Waals surface area contributed by atoms with Gasteiger partial charge in [0.2, 0.25) is 5.78 Å². The van der Waals surface area contributed by atoms with E-state index in [-0.39, 0.29) is 17.3 Å². The summed E-state index contributed by atoms with van der Waals surface area (Å²) >= 11 is 0. The Morgan fingerprint density at radius 3 is 2.74 bits per heavy atom. The summed E-state index contributed by atoms with van der Waals surface area (Å²) in [4.78, 5) is 18.4. The predicted octanol–water partition coefficient (Wildman–Crippen LogP) is 2.04. The van der Waals surface area contributed by atoms with E-state index in [1.54, 1.807) is 31.5 Å². The summed E-state index contributed by atoms with van der Waals surface area (Å²) in [6.45, 7) is 4.55. The lowest BCUT2D eigenvalue weighted by molar-refractivity contribution is -0.913. The van der Waals surface area contributed by atoms with Crippen molar-refractivity contribution in [2.45, 2.75) is 39.2 Å². The zero-order chi connectivity index (χ0) is 18.8. The fourth-order valence-corrected chi connectivity index (χ4v) is 4.00. The highest BCUT2D eigenvalue weighted by Gasteiger charge is 2.33. The maximum absolute atomic E-state index is 12.9. The molecule has 0 amide bonds. The third-order valence-corrected chi connectivity index (χ3v) is 5.42. The molecule has 1 aromatic heterocycles. The van der Waals surface area contributed by atoms with Crippen LogP contribution in [0.2, 0.25) is 0 Å². The van der Waals surface area contributed by atoms with Crippen molar-refractivity contribution in [3.8, 4) is 11.5 Å². The zero-order valence-corrected chi connectivity index (χ0v) is 15.6. The predicted molar refractivity (Wildman–Crippen MR) is 101 cm³/mol. The first-order valence-electron chi connectivity index (χ1n) is 9.65. The monoisotopic (exact) mass is 364 g/mol. The van der Waals surface area contributed by atoms with Crippen LogP contribution in [-0.2, 0) is 6.54 Å². The number of fused-ring (bicyclic) bond motifs is 1. The number of Topliss-reactive ketones (excluding diaryl/α,β-unsaturated/α-hetero) is 1. The van der Waals surface area contributed by atoms with Gasteiger partial charge in [-0.25, -0.2) is 0 Å². The summed E-state index contributed by atoms with van der Waals surface area (Å²) in [6, 6.07) is 5.27. The number of nitrogens with one attached hydrogen (secondary N) is 1. The first-order valence-corrected chi connectivity index (χ1v) is 9.65. The number of carbonyl (C=O) groups excluding carboxylic acids is 1. The number of rotatable bonds is 3. The summed E-state index contributed by atoms with van der Waals surface area (Å²) < 4.78 is 5.96. The Hall–Kier alpha value is -2.66. The lowest BCUT2D eigenvalue weighted by atomic mass is 9.99. The van der Waals surface area contributed by atoms with Gasteiger partial charge in [-0.05, 0) is 55.9 Å². The van der Waals surface area contributed by atoms with Crippen molar-refractivity contribution in [1.29, 1.82) is 0 Å². The lowest BCUT2D eigenvalue weighted by Crippen LogP contribution is -3.10. The van der Waals surface area contributed by atoms with Crippen LogP contribution in [0, 0.1) is 6.92 Å². The summed E-state index contributed by atoms with van der Waals surface area (Å²) in [5.74, 6) is 0.549. The van der Waals surface area contributed by atoms with Crippen LogP contribution >= 0.6 is 0 Å². The minimum absolute atomic E-state index is 0.0292. The second-order valence-corrected chi connectivity index (χ2v) is 7.44. The number of ketones is 1. The quantitative estimate of drug-likeness (QED) is 0.847. The molecule has 0 aliphatic carbocycles. The van der Waals surface area contributed by atoms with Crippen molar-refractivity contribution in [1.82, 2.24) is 4.98 Å². The first kappa shape index (κ1) is 17.7. The van der Waals surface area contributed by atoms with Crippen LogP contribution in [0.25, 0.3) is 6.08 Å². The highest BCUT2D eigenvalue weighted by atomic mass is 16.5. The molecule has 0 radical (unpaired) electrons. The molecule has 2 aliphatic rings. The van der Waals surface area contributed by atoms with E-state index in [1.807, 2.05) is 12.1 Å². The Balaban J connectivity index is 1.69. The molecule has 1 N–H and O–H groups in total. The van der Waals surface area contributed by atoms with Crippen molar-refractivity contribution in [3.05, 3.63) is 58.6 Å². The Morgan fingerprint density at radius 1 is 1.26 bits per heavy atom. The number of aryl methyl sites for hydroxylation is 1. The molecule has 1 fully saturated rings. The van der Waals surface area contributed by atoms with Crippen LogP contribution in [0.3, 0.4) is 0 Å². The van der Waals surface area contributed by atoms with Gasteiger partial charge in [-0.1, -0.05) is 17.9 Å². The average Bonchev–Trinajstić information content (AvgIpc) is 2.83. The van der Waals surface area contributed by atoms with E-state index in [9.17, 15) is 9.90 Å². The number of allylic oxidation sites excluding steroid dienone is 1. The van der Waals surface area contributed by atoms with Gasteiger partial charge in [0.25, 0.3) is 0 Å². The topological polar surface area (TPSA) is 66.7 Å². The highest BCUT2D eigenvalue weighted by molar-refractivity contribution is 6.15. The number of hydrogen-bond donors (Lipinski definition) is 1. The van der Waals surface area contributed by atoms with Gasteiger partial charge in [0.1, 0.15) is 12.3 Å². The number of carbonyl (C=O) groups is 1. The second-order valence-electron chi connectivity index (χ2n) is 7.44. The number of hydrogen-bond acceptors (Lipinski definition) is 4. The van der Waals surface area contributed by atoms with Crippen LogP contribution in [0.5, 0.6) is 11.5 Å². The van der Waals surface area contributed by atoms with Gasteiger partial charge in [-0.3, -0.25) is 9.78 Å². The lowest BCUT2D eigenvalue weighted by Gasteiger charge is -2.23. The van der Waals surface area contributed by atoms with Gasteiger partial charge >= 0.3 is 0 Å². The van der Waals surface area contributed by atoms with Crippen molar-refractivity contribution in [2.75, 3.05) is 13.1 Å². The molecule has 27 heavy (non-hydrogen) atoms. The molecule has 4 rings (SSSR count). The van der Waals surface area contributed by atoms with Crippen LogP contribution in [0.1, 0.15) is 52.7 Å². The molecule has 5 nitrogen and oxygen atoms in total. The minimum Gasteiger partial charge on any atom is -0.872 e. The third kappa shape index (κ3) is 3.60. The third-order valence-electron chi connectivity index (χ3n) is 5.42. The average molecular weight is 364 g/mol. The summed E-state index contributed by atoms with van der Waals surface area (Å²) in [5, 5.41) is 12.7. The zero-order valence-electron chi connectivity index (χ0n) is 15.6. The maximum atomic E-state index is 12.9. The van der Waals surface area contributed by atoms with Crippen LogP contribution in [0.4, 0.5) is 0 Å². The van der Waals surface area contributed by atoms with Crippen LogP contribution < -0.4 is 14.7 Å². The van der Waals surface area contributed by atoms with E-state index in [1.165, 1.54) is 30.6 Å². The summed E-state index contributed by atoms with van der Waals surface area (Å²) in [5.41, 5.74) is 2.65. The number of ether oxygens (including phenoxy) is 1. The Kier molecular flexibility index (Phi) is 4.94.